The van der Waals surface area contributed by atoms with Crippen molar-refractivity contribution in [2.24, 2.45) is 5.92 Å². The normalized spacial score (nSPS) is 13.9. The van der Waals surface area contributed by atoms with Crippen molar-refractivity contribution in [3.05, 3.63) is 107 Å². The lowest BCUT2D eigenvalue weighted by atomic mass is 9.98. The van der Waals surface area contributed by atoms with Gasteiger partial charge in [-0.25, -0.2) is 13.8 Å². The summed E-state index contributed by atoms with van der Waals surface area (Å²) in [5.74, 6) is 1.22. The number of hydrogen-bond donors (Lipinski definition) is 2. The van der Waals surface area contributed by atoms with Crippen molar-refractivity contribution in [2.45, 2.75) is 12.8 Å². The zero-order valence-electron chi connectivity index (χ0n) is 26.4. The SMILES string of the molecule is COc1cc2c(Oc3ccc(Nc4nccc5[nH]cc(-c6ccc(F)cc6)c(=O)c45)cc3F)ccnc2cc1OCC1CCN(C)CC1. The molecule has 1 aliphatic heterocycles. The van der Waals surface area contributed by atoms with Crippen LogP contribution in [0.3, 0.4) is 0 Å². The number of ether oxygens (including phenoxy) is 3. The molecule has 0 aliphatic carbocycles. The van der Waals surface area contributed by atoms with Crippen molar-refractivity contribution < 1.29 is 23.0 Å². The Morgan fingerprint density at radius 3 is 2.48 bits per heavy atom. The van der Waals surface area contributed by atoms with Crippen LogP contribution in [0, 0.1) is 17.6 Å². The molecule has 1 aliphatic rings. The molecule has 4 heterocycles. The summed E-state index contributed by atoms with van der Waals surface area (Å²) in [6.45, 7) is 2.70. The molecule has 3 aromatic heterocycles. The summed E-state index contributed by atoms with van der Waals surface area (Å²) < 4.78 is 46.9. The third-order valence-electron chi connectivity index (χ3n) is 8.66. The van der Waals surface area contributed by atoms with Gasteiger partial charge in [-0.1, -0.05) is 12.1 Å². The number of aromatic nitrogens is 3. The third kappa shape index (κ3) is 6.37. The van der Waals surface area contributed by atoms with Gasteiger partial charge in [0.2, 0.25) is 5.43 Å². The van der Waals surface area contributed by atoms with Crippen molar-refractivity contribution in [1.29, 1.82) is 0 Å². The Bertz CT molecular complexity index is 2170. The van der Waals surface area contributed by atoms with Crippen LogP contribution in [-0.2, 0) is 0 Å². The fourth-order valence-corrected chi connectivity index (χ4v) is 5.94. The van der Waals surface area contributed by atoms with Gasteiger partial charge < -0.3 is 29.4 Å². The monoisotopic (exact) mass is 649 g/mol. The molecular formula is C37H33F2N5O4. The summed E-state index contributed by atoms with van der Waals surface area (Å²) in [6.07, 6.45) is 6.88. The van der Waals surface area contributed by atoms with E-state index < -0.39 is 11.6 Å². The molecule has 9 nitrogen and oxygen atoms in total. The molecule has 0 bridgehead atoms. The van der Waals surface area contributed by atoms with Gasteiger partial charge in [0.1, 0.15) is 17.4 Å². The standard InChI is InChI=1S/C37H33F2N5O4/c1-44-15-11-22(12-16-44)21-47-34-19-30-26(18-33(34)46-2)31(10-14-40-30)48-32-8-7-25(17-28(32)39)43-37-35-29(9-13-41-37)42-20-27(36(35)45)23-3-5-24(38)6-4-23/h3-10,13-14,17-20,22H,11-12,15-16,21H2,1-2H3,(H,41,43)(H,42,45). The maximum Gasteiger partial charge on any atom is 0.200 e. The summed E-state index contributed by atoms with van der Waals surface area (Å²) in [5, 5.41) is 3.99. The van der Waals surface area contributed by atoms with E-state index in [0.717, 1.165) is 25.9 Å². The molecular weight excluding hydrogens is 616 g/mol. The molecule has 244 valence electrons. The van der Waals surface area contributed by atoms with Gasteiger partial charge in [0.05, 0.1) is 30.1 Å². The number of halogens is 2. The number of H-pyrrole nitrogens is 1. The second-order valence-electron chi connectivity index (χ2n) is 11.9. The van der Waals surface area contributed by atoms with Crippen molar-refractivity contribution in [3.8, 4) is 34.1 Å². The molecule has 0 amide bonds. The summed E-state index contributed by atoms with van der Waals surface area (Å²) in [5.41, 5.74) is 2.13. The highest BCUT2D eigenvalue weighted by molar-refractivity contribution is 5.93. The quantitative estimate of drug-likeness (QED) is 0.165. The Morgan fingerprint density at radius 1 is 0.917 bits per heavy atom. The first kappa shape index (κ1) is 31.1. The number of anilines is 2. The van der Waals surface area contributed by atoms with Crippen molar-refractivity contribution in [1.82, 2.24) is 19.9 Å². The molecule has 0 unspecified atom stereocenters. The van der Waals surface area contributed by atoms with E-state index in [2.05, 4.69) is 32.2 Å². The first-order chi connectivity index (χ1) is 23.4. The Kier molecular flexibility index (Phi) is 8.60. The molecule has 11 heteroatoms. The Morgan fingerprint density at radius 2 is 1.71 bits per heavy atom. The van der Waals surface area contributed by atoms with E-state index in [1.807, 2.05) is 6.07 Å². The second-order valence-corrected chi connectivity index (χ2v) is 11.9. The molecule has 48 heavy (non-hydrogen) atoms. The highest BCUT2D eigenvalue weighted by Crippen LogP contribution is 2.38. The predicted molar refractivity (Wildman–Crippen MR) is 182 cm³/mol. The summed E-state index contributed by atoms with van der Waals surface area (Å²) >= 11 is 0. The fourth-order valence-electron chi connectivity index (χ4n) is 5.94. The van der Waals surface area contributed by atoms with E-state index in [9.17, 15) is 9.18 Å². The van der Waals surface area contributed by atoms with Crippen LogP contribution in [0.5, 0.6) is 23.0 Å². The van der Waals surface area contributed by atoms with Crippen LogP contribution in [0.1, 0.15) is 12.8 Å². The second kappa shape index (κ2) is 13.3. The van der Waals surface area contributed by atoms with E-state index >= 15 is 4.39 Å². The topological polar surface area (TPSA) is 102 Å². The van der Waals surface area contributed by atoms with E-state index in [4.69, 9.17) is 14.2 Å². The van der Waals surface area contributed by atoms with Crippen molar-refractivity contribution >= 4 is 33.3 Å². The van der Waals surface area contributed by atoms with Crippen LogP contribution in [0.25, 0.3) is 32.9 Å². The maximum absolute atomic E-state index is 15.5. The minimum atomic E-state index is -0.629. The molecule has 0 spiro atoms. The van der Waals surface area contributed by atoms with Gasteiger partial charge >= 0.3 is 0 Å². The van der Waals surface area contributed by atoms with Gasteiger partial charge in [-0.3, -0.25) is 9.78 Å². The van der Waals surface area contributed by atoms with E-state index in [0.29, 0.717) is 63.0 Å². The molecule has 2 N–H and O–H groups in total. The number of piperidine rings is 1. The van der Waals surface area contributed by atoms with E-state index in [1.165, 1.54) is 36.4 Å². The number of pyridine rings is 3. The number of nitrogens with one attached hydrogen (secondary N) is 2. The summed E-state index contributed by atoms with van der Waals surface area (Å²) in [6, 6.07) is 17.0. The van der Waals surface area contributed by atoms with Crippen LogP contribution in [0.2, 0.25) is 0 Å². The maximum atomic E-state index is 15.5. The summed E-state index contributed by atoms with van der Waals surface area (Å²) in [4.78, 5) is 27.8. The highest BCUT2D eigenvalue weighted by Gasteiger charge is 2.20. The van der Waals surface area contributed by atoms with Gasteiger partial charge in [0.15, 0.2) is 23.1 Å². The van der Waals surface area contributed by atoms with Crippen molar-refractivity contribution in [2.75, 3.05) is 39.2 Å². The number of nitrogens with zero attached hydrogens (tertiary/aromatic N) is 3. The number of methoxy groups -OCH3 is 1. The first-order valence-electron chi connectivity index (χ1n) is 15.6. The number of fused-ring (bicyclic) bond motifs is 2. The molecule has 0 atom stereocenters. The lowest BCUT2D eigenvalue weighted by Crippen LogP contribution is -2.32. The van der Waals surface area contributed by atoms with Crippen LogP contribution >= 0.6 is 0 Å². The lowest BCUT2D eigenvalue weighted by Gasteiger charge is -2.28. The lowest BCUT2D eigenvalue weighted by molar-refractivity contribution is 0.157. The van der Waals surface area contributed by atoms with Gasteiger partial charge in [0, 0.05) is 47.4 Å². The largest absolute Gasteiger partial charge is 0.493 e. The minimum Gasteiger partial charge on any atom is -0.493 e. The zero-order chi connectivity index (χ0) is 33.2. The zero-order valence-corrected chi connectivity index (χ0v) is 26.4. The Hall–Kier alpha value is -5.55. The van der Waals surface area contributed by atoms with Gasteiger partial charge in [-0.15, -0.1) is 0 Å². The third-order valence-corrected chi connectivity index (χ3v) is 8.66. The molecule has 0 saturated carbocycles. The molecule has 7 rings (SSSR count). The van der Waals surface area contributed by atoms with E-state index in [1.54, 1.807) is 50.0 Å². The number of benzene rings is 3. The van der Waals surface area contributed by atoms with Crippen LogP contribution in [0.15, 0.2) is 90.1 Å². The number of aromatic amines is 1. The van der Waals surface area contributed by atoms with Crippen LogP contribution in [0.4, 0.5) is 20.3 Å². The number of hydrogen-bond acceptors (Lipinski definition) is 8. The van der Waals surface area contributed by atoms with Crippen LogP contribution in [-0.4, -0.2) is 53.7 Å². The van der Waals surface area contributed by atoms with E-state index in [-0.39, 0.29) is 22.4 Å². The Balaban J connectivity index is 1.12. The predicted octanol–water partition coefficient (Wildman–Crippen LogP) is 7.68. The number of likely N-dealkylation sites (tertiary alicyclic amines) is 1. The van der Waals surface area contributed by atoms with Crippen molar-refractivity contribution in [3.63, 3.8) is 0 Å². The minimum absolute atomic E-state index is 0.00284. The first-order valence-corrected chi connectivity index (χ1v) is 15.6. The number of rotatable bonds is 9. The molecule has 6 aromatic rings. The van der Waals surface area contributed by atoms with Gasteiger partial charge in [0.25, 0.3) is 0 Å². The average Bonchev–Trinajstić information content (AvgIpc) is 3.09. The molecule has 1 fully saturated rings. The molecule has 0 radical (unpaired) electrons. The van der Waals surface area contributed by atoms with Gasteiger partial charge in [-0.2, -0.15) is 0 Å². The Labute approximate surface area is 275 Å². The summed E-state index contributed by atoms with van der Waals surface area (Å²) in [7, 11) is 3.71. The highest BCUT2D eigenvalue weighted by atomic mass is 19.1. The molecule has 1 saturated heterocycles. The van der Waals surface area contributed by atoms with Crippen LogP contribution < -0.4 is 25.0 Å². The molecule has 3 aromatic carbocycles. The average molecular weight is 650 g/mol. The fraction of sp³-hybridized carbons (Fsp3) is 0.216. The van der Waals surface area contributed by atoms with Gasteiger partial charge in [-0.05, 0) is 86.9 Å². The smallest absolute Gasteiger partial charge is 0.200 e.